The maximum absolute atomic E-state index is 6.30. The van der Waals surface area contributed by atoms with E-state index in [9.17, 15) is 0 Å². The molecule has 0 fully saturated rings. The summed E-state index contributed by atoms with van der Waals surface area (Å²) in [6.07, 6.45) is -0.341. The Labute approximate surface area is 173 Å². The minimum atomic E-state index is -0.341. The molecule has 5 aromatic rings. The summed E-state index contributed by atoms with van der Waals surface area (Å²) in [7, 11) is 1.66. The van der Waals surface area contributed by atoms with Crippen LogP contribution in [0.2, 0.25) is 0 Å². The Morgan fingerprint density at radius 2 is 1.73 bits per heavy atom. The first-order valence-corrected chi connectivity index (χ1v) is 9.74. The Balaban J connectivity index is 1.51. The van der Waals surface area contributed by atoms with Crippen molar-refractivity contribution in [2.75, 3.05) is 7.11 Å². The normalized spacial score (nSPS) is 12.2. The van der Waals surface area contributed by atoms with Gasteiger partial charge in [0.15, 0.2) is 17.6 Å². The van der Waals surface area contributed by atoms with Gasteiger partial charge in [-0.15, -0.1) is 10.2 Å². The number of hydrogen-bond acceptors (Lipinski definition) is 5. The van der Waals surface area contributed by atoms with Crippen LogP contribution in [0.25, 0.3) is 27.7 Å². The van der Waals surface area contributed by atoms with Crippen LogP contribution in [-0.2, 0) is 0 Å². The van der Waals surface area contributed by atoms with Gasteiger partial charge in [0.2, 0.25) is 0 Å². The lowest BCUT2D eigenvalue weighted by Gasteiger charge is -2.15. The van der Waals surface area contributed by atoms with Gasteiger partial charge in [-0.2, -0.15) is 9.61 Å². The Morgan fingerprint density at radius 3 is 2.57 bits per heavy atom. The smallest absolute Gasteiger partial charge is 0.195 e. The summed E-state index contributed by atoms with van der Waals surface area (Å²) in [5.41, 5.74) is 2.58. The van der Waals surface area contributed by atoms with Gasteiger partial charge in [0.05, 0.1) is 12.8 Å². The number of methoxy groups -OCH3 is 1. The van der Waals surface area contributed by atoms with Gasteiger partial charge < -0.3 is 9.47 Å². The molecule has 148 valence electrons. The Hall–Kier alpha value is -3.93. The van der Waals surface area contributed by atoms with E-state index in [1.54, 1.807) is 11.6 Å². The summed E-state index contributed by atoms with van der Waals surface area (Å²) in [6.45, 7) is 1.95. The second kappa shape index (κ2) is 7.48. The van der Waals surface area contributed by atoms with Crippen LogP contribution >= 0.6 is 0 Å². The van der Waals surface area contributed by atoms with E-state index in [0.717, 1.165) is 33.5 Å². The fourth-order valence-corrected chi connectivity index (χ4v) is 3.53. The average molecular weight is 396 g/mol. The largest absolute Gasteiger partial charge is 0.497 e. The van der Waals surface area contributed by atoms with Crippen molar-refractivity contribution < 1.29 is 9.47 Å². The molecule has 2 heterocycles. The van der Waals surface area contributed by atoms with E-state index in [-0.39, 0.29) is 6.10 Å². The molecule has 0 saturated heterocycles. The van der Waals surface area contributed by atoms with Crippen LogP contribution in [0.15, 0.2) is 78.9 Å². The van der Waals surface area contributed by atoms with E-state index in [1.807, 2.05) is 85.8 Å². The molecule has 0 aliphatic heterocycles. The summed E-state index contributed by atoms with van der Waals surface area (Å²) in [5, 5.41) is 15.4. The molecule has 0 radical (unpaired) electrons. The van der Waals surface area contributed by atoms with Crippen molar-refractivity contribution >= 4 is 16.4 Å². The molecule has 3 aromatic carbocycles. The van der Waals surface area contributed by atoms with Crippen molar-refractivity contribution in [2.24, 2.45) is 0 Å². The van der Waals surface area contributed by atoms with Crippen LogP contribution in [0.3, 0.4) is 0 Å². The zero-order valence-corrected chi connectivity index (χ0v) is 16.7. The van der Waals surface area contributed by atoms with E-state index in [4.69, 9.17) is 14.6 Å². The molecule has 0 spiro atoms. The van der Waals surface area contributed by atoms with Gasteiger partial charge in [0.25, 0.3) is 0 Å². The number of nitrogens with zero attached hydrogens (tertiary/aromatic N) is 4. The quantitative estimate of drug-likeness (QED) is 0.414. The molecule has 0 bridgehead atoms. The highest BCUT2D eigenvalue weighted by atomic mass is 16.5. The van der Waals surface area contributed by atoms with Crippen LogP contribution in [-0.4, -0.2) is 26.9 Å². The summed E-state index contributed by atoms with van der Waals surface area (Å²) in [5.74, 6) is 2.24. The minimum absolute atomic E-state index is 0.341. The summed E-state index contributed by atoms with van der Waals surface area (Å²) in [6, 6.07) is 25.8. The Morgan fingerprint density at radius 1 is 0.867 bits per heavy atom. The molecule has 6 nitrogen and oxygen atoms in total. The molecule has 0 aliphatic carbocycles. The van der Waals surface area contributed by atoms with Crippen LogP contribution in [0.5, 0.6) is 11.5 Å². The number of benzene rings is 3. The van der Waals surface area contributed by atoms with Crippen LogP contribution in [0.1, 0.15) is 18.9 Å². The third kappa shape index (κ3) is 3.22. The molecule has 0 amide bonds. The molecule has 0 unspecified atom stereocenters. The van der Waals surface area contributed by atoms with Gasteiger partial charge in [-0.1, -0.05) is 42.5 Å². The number of rotatable bonds is 5. The van der Waals surface area contributed by atoms with Crippen molar-refractivity contribution in [1.82, 2.24) is 19.8 Å². The highest BCUT2D eigenvalue weighted by molar-refractivity contribution is 5.89. The number of hydrogen-bond donors (Lipinski definition) is 0. The SMILES string of the molecule is COc1ccc2c(O[C@@H](C)c3nnc4ccc(-c5ccccc5)nn34)cccc2c1. The summed E-state index contributed by atoms with van der Waals surface area (Å²) in [4.78, 5) is 0. The van der Waals surface area contributed by atoms with Crippen molar-refractivity contribution in [3.63, 3.8) is 0 Å². The van der Waals surface area contributed by atoms with E-state index in [1.165, 1.54) is 0 Å². The molecular formula is C24H20N4O2. The lowest BCUT2D eigenvalue weighted by Crippen LogP contribution is -2.10. The molecule has 30 heavy (non-hydrogen) atoms. The standard InChI is InChI=1S/C24H20N4O2/c1-16(30-22-10-6-9-18-15-19(29-2)11-12-20(18)22)24-26-25-23-14-13-21(27-28(23)24)17-7-4-3-5-8-17/h3-16H,1-2H3/t16-/m0/s1. The lowest BCUT2D eigenvalue weighted by molar-refractivity contribution is 0.216. The molecule has 6 heteroatoms. The third-order valence-electron chi connectivity index (χ3n) is 5.07. The molecular weight excluding hydrogens is 376 g/mol. The van der Waals surface area contributed by atoms with Gasteiger partial charge in [-0.25, -0.2) is 0 Å². The number of ether oxygens (including phenoxy) is 2. The van der Waals surface area contributed by atoms with E-state index >= 15 is 0 Å². The maximum atomic E-state index is 6.30. The minimum Gasteiger partial charge on any atom is -0.497 e. The van der Waals surface area contributed by atoms with Crippen LogP contribution in [0.4, 0.5) is 0 Å². The van der Waals surface area contributed by atoms with Crippen molar-refractivity contribution in [1.29, 1.82) is 0 Å². The summed E-state index contributed by atoms with van der Waals surface area (Å²) < 4.78 is 13.4. The first kappa shape index (κ1) is 18.1. The van der Waals surface area contributed by atoms with Crippen molar-refractivity contribution in [3.05, 3.63) is 84.7 Å². The molecule has 0 saturated carbocycles. The van der Waals surface area contributed by atoms with Gasteiger partial charge in [-0.05, 0) is 48.7 Å². The molecule has 0 N–H and O–H groups in total. The van der Waals surface area contributed by atoms with Gasteiger partial charge in [0.1, 0.15) is 11.5 Å². The maximum Gasteiger partial charge on any atom is 0.195 e. The third-order valence-corrected chi connectivity index (χ3v) is 5.07. The van der Waals surface area contributed by atoms with Gasteiger partial charge in [0, 0.05) is 10.9 Å². The topological polar surface area (TPSA) is 61.5 Å². The monoisotopic (exact) mass is 396 g/mol. The predicted molar refractivity (Wildman–Crippen MR) is 116 cm³/mol. The Kier molecular flexibility index (Phi) is 4.52. The van der Waals surface area contributed by atoms with E-state index in [2.05, 4.69) is 10.2 Å². The first-order valence-electron chi connectivity index (χ1n) is 9.74. The number of aromatic nitrogens is 4. The average Bonchev–Trinajstić information content (AvgIpc) is 3.23. The zero-order valence-electron chi connectivity index (χ0n) is 16.7. The summed E-state index contributed by atoms with van der Waals surface area (Å²) >= 11 is 0. The van der Waals surface area contributed by atoms with Crippen molar-refractivity contribution in [3.8, 4) is 22.8 Å². The molecule has 5 rings (SSSR count). The predicted octanol–water partition coefficient (Wildman–Crippen LogP) is 5.09. The zero-order chi connectivity index (χ0) is 20.5. The lowest BCUT2D eigenvalue weighted by atomic mass is 10.1. The van der Waals surface area contributed by atoms with E-state index in [0.29, 0.717) is 11.5 Å². The molecule has 1 atom stereocenters. The van der Waals surface area contributed by atoms with E-state index < -0.39 is 0 Å². The fourth-order valence-electron chi connectivity index (χ4n) is 3.53. The van der Waals surface area contributed by atoms with Crippen LogP contribution in [0, 0.1) is 0 Å². The number of fused-ring (bicyclic) bond motifs is 2. The highest BCUT2D eigenvalue weighted by Crippen LogP contribution is 2.31. The Bertz CT molecular complexity index is 1330. The fraction of sp³-hybridized carbons (Fsp3) is 0.125. The van der Waals surface area contributed by atoms with Gasteiger partial charge in [-0.3, -0.25) is 0 Å². The molecule has 2 aromatic heterocycles. The second-order valence-electron chi connectivity index (χ2n) is 7.02. The van der Waals surface area contributed by atoms with Crippen LogP contribution < -0.4 is 9.47 Å². The second-order valence-corrected chi connectivity index (χ2v) is 7.02. The van der Waals surface area contributed by atoms with Crippen molar-refractivity contribution in [2.45, 2.75) is 13.0 Å². The highest BCUT2D eigenvalue weighted by Gasteiger charge is 2.18. The van der Waals surface area contributed by atoms with Gasteiger partial charge >= 0.3 is 0 Å². The molecule has 0 aliphatic rings. The first-order chi connectivity index (χ1) is 14.7.